The second-order valence-corrected chi connectivity index (χ2v) is 11.2. The molecule has 0 radical (unpaired) electrons. The number of sulfonamides is 1. The van der Waals surface area contributed by atoms with Gasteiger partial charge in [0.25, 0.3) is 10.0 Å². The van der Waals surface area contributed by atoms with Crippen LogP contribution in [0.5, 0.6) is 5.75 Å². The van der Waals surface area contributed by atoms with Gasteiger partial charge in [-0.15, -0.1) is 0 Å². The van der Waals surface area contributed by atoms with Gasteiger partial charge in [0.1, 0.15) is 30.0 Å². The molecule has 3 aromatic rings. The molecule has 0 aliphatic heterocycles. The minimum Gasteiger partial charge on any atom is -0.494 e. The summed E-state index contributed by atoms with van der Waals surface area (Å²) in [7, 11) is -4.34. The van der Waals surface area contributed by atoms with E-state index in [4.69, 9.17) is 4.74 Å². The van der Waals surface area contributed by atoms with Gasteiger partial charge in [0.2, 0.25) is 11.8 Å². The van der Waals surface area contributed by atoms with Crippen molar-refractivity contribution >= 4 is 27.5 Å². The zero-order valence-electron chi connectivity index (χ0n) is 23.3. The maximum Gasteiger partial charge on any atom is 0.264 e. The van der Waals surface area contributed by atoms with Crippen molar-refractivity contribution in [3.05, 3.63) is 90.0 Å². The molecule has 0 heterocycles. The van der Waals surface area contributed by atoms with Crippen molar-refractivity contribution in [1.29, 1.82) is 0 Å². The molecular formula is C30H35F2N3O5S. The number of anilines is 1. The number of hydrogen-bond acceptors (Lipinski definition) is 5. The van der Waals surface area contributed by atoms with Crippen LogP contribution in [0.25, 0.3) is 0 Å². The fourth-order valence-electron chi connectivity index (χ4n) is 4.07. The molecule has 1 unspecified atom stereocenters. The summed E-state index contributed by atoms with van der Waals surface area (Å²) in [6.45, 7) is 5.07. The Morgan fingerprint density at radius 2 is 1.61 bits per heavy atom. The lowest BCUT2D eigenvalue weighted by atomic mass is 10.1. The molecule has 0 fully saturated rings. The van der Waals surface area contributed by atoms with Crippen LogP contribution in [0.2, 0.25) is 0 Å². The topological polar surface area (TPSA) is 96.0 Å². The average molecular weight is 588 g/mol. The Morgan fingerprint density at radius 3 is 2.22 bits per heavy atom. The number of rotatable bonds is 14. The lowest BCUT2D eigenvalue weighted by molar-refractivity contribution is -0.139. The number of carbonyl (C=O) groups is 2. The fraction of sp³-hybridized carbons (Fsp3) is 0.333. The van der Waals surface area contributed by atoms with Crippen molar-refractivity contribution in [3.8, 4) is 5.75 Å². The number of hydrogen-bond donors (Lipinski definition) is 1. The van der Waals surface area contributed by atoms with E-state index < -0.39 is 46.1 Å². The molecule has 0 bridgehead atoms. The first kappa shape index (κ1) is 31.5. The Kier molecular flexibility index (Phi) is 11.2. The highest BCUT2D eigenvalue weighted by atomic mass is 32.2. The highest BCUT2D eigenvalue weighted by Gasteiger charge is 2.33. The molecule has 3 rings (SSSR count). The minimum absolute atomic E-state index is 0.0412. The predicted molar refractivity (Wildman–Crippen MR) is 153 cm³/mol. The third-order valence-electron chi connectivity index (χ3n) is 6.41. The van der Waals surface area contributed by atoms with Crippen LogP contribution in [0, 0.1) is 11.6 Å². The minimum atomic E-state index is -4.34. The van der Waals surface area contributed by atoms with E-state index in [2.05, 4.69) is 5.32 Å². The molecule has 220 valence electrons. The number of nitrogens with one attached hydrogen (secondary N) is 1. The van der Waals surface area contributed by atoms with Gasteiger partial charge in [-0.05, 0) is 74.9 Å². The number of ether oxygens (including phenoxy) is 1. The van der Waals surface area contributed by atoms with E-state index in [-0.39, 0.29) is 22.7 Å². The molecule has 11 heteroatoms. The van der Waals surface area contributed by atoms with Gasteiger partial charge in [-0.1, -0.05) is 31.5 Å². The lowest BCUT2D eigenvalue weighted by Gasteiger charge is -2.32. The molecule has 0 saturated heterocycles. The van der Waals surface area contributed by atoms with Crippen molar-refractivity contribution in [1.82, 2.24) is 10.2 Å². The summed E-state index contributed by atoms with van der Waals surface area (Å²) in [5, 5.41) is 2.77. The number of amides is 2. The second-order valence-electron chi connectivity index (χ2n) is 9.33. The van der Waals surface area contributed by atoms with Crippen LogP contribution in [0.1, 0.15) is 39.2 Å². The number of benzene rings is 3. The zero-order valence-corrected chi connectivity index (χ0v) is 24.2. The lowest BCUT2D eigenvalue weighted by Crippen LogP contribution is -2.51. The van der Waals surface area contributed by atoms with Gasteiger partial charge in [-0.2, -0.15) is 0 Å². The van der Waals surface area contributed by atoms with E-state index in [9.17, 15) is 26.8 Å². The Hall–Kier alpha value is -3.99. The van der Waals surface area contributed by atoms with Crippen LogP contribution < -0.4 is 14.4 Å². The molecule has 3 aromatic carbocycles. The molecular weight excluding hydrogens is 552 g/mol. The first-order chi connectivity index (χ1) is 19.6. The maximum absolute atomic E-state index is 14.6. The molecule has 41 heavy (non-hydrogen) atoms. The zero-order chi connectivity index (χ0) is 30.0. The van der Waals surface area contributed by atoms with Crippen molar-refractivity contribution in [3.63, 3.8) is 0 Å². The van der Waals surface area contributed by atoms with E-state index in [0.717, 1.165) is 34.2 Å². The Balaban J connectivity index is 2.00. The van der Waals surface area contributed by atoms with E-state index in [1.54, 1.807) is 13.0 Å². The van der Waals surface area contributed by atoms with Crippen molar-refractivity contribution in [2.24, 2.45) is 0 Å². The standard InChI is InChI=1S/C30H35F2N3O5S/c1-4-6-19-33-30(37)22(3)34(20-23-9-7-8-10-28(23)32)29(36)21-35(25-13-11-24(31)12-14-25)41(38,39)27-17-15-26(16-18-27)40-5-2/h7-18,22H,4-6,19-21H2,1-3H3,(H,33,37). The quantitative estimate of drug-likeness (QED) is 0.271. The number of halogens is 2. The third kappa shape index (κ3) is 8.26. The van der Waals surface area contributed by atoms with E-state index >= 15 is 0 Å². The van der Waals surface area contributed by atoms with Crippen LogP contribution in [-0.4, -0.2) is 50.9 Å². The van der Waals surface area contributed by atoms with Crippen LogP contribution in [0.4, 0.5) is 14.5 Å². The maximum atomic E-state index is 14.6. The molecule has 8 nitrogen and oxygen atoms in total. The molecule has 0 aliphatic carbocycles. The monoisotopic (exact) mass is 587 g/mol. The van der Waals surface area contributed by atoms with E-state index in [1.165, 1.54) is 61.5 Å². The van der Waals surface area contributed by atoms with Gasteiger partial charge in [0.05, 0.1) is 17.2 Å². The van der Waals surface area contributed by atoms with E-state index in [1.807, 2.05) is 6.92 Å². The van der Waals surface area contributed by atoms with Crippen LogP contribution in [0.3, 0.4) is 0 Å². The van der Waals surface area contributed by atoms with Crippen molar-refractivity contribution in [2.75, 3.05) is 24.0 Å². The Labute approximate surface area is 240 Å². The molecule has 1 atom stereocenters. The molecule has 2 amide bonds. The fourth-order valence-corrected chi connectivity index (χ4v) is 5.48. The van der Waals surface area contributed by atoms with Gasteiger partial charge in [-0.3, -0.25) is 13.9 Å². The molecule has 0 spiro atoms. The first-order valence-electron chi connectivity index (χ1n) is 13.4. The summed E-state index contributed by atoms with van der Waals surface area (Å²) in [5.41, 5.74) is 0.205. The summed E-state index contributed by atoms with van der Waals surface area (Å²) >= 11 is 0. The highest BCUT2D eigenvalue weighted by Crippen LogP contribution is 2.26. The summed E-state index contributed by atoms with van der Waals surface area (Å²) in [6, 6.07) is 15.2. The summed E-state index contributed by atoms with van der Waals surface area (Å²) in [5.74, 6) is -1.88. The normalized spacial score (nSPS) is 11.9. The number of carbonyl (C=O) groups excluding carboxylic acids is 2. The number of unbranched alkanes of at least 4 members (excludes halogenated alkanes) is 1. The molecule has 0 aliphatic rings. The summed E-state index contributed by atoms with van der Waals surface area (Å²) in [4.78, 5) is 27.8. The average Bonchev–Trinajstić information content (AvgIpc) is 2.96. The second kappa shape index (κ2) is 14.6. The largest absolute Gasteiger partial charge is 0.494 e. The van der Waals surface area contributed by atoms with Gasteiger partial charge in [-0.25, -0.2) is 17.2 Å². The van der Waals surface area contributed by atoms with Crippen LogP contribution >= 0.6 is 0 Å². The van der Waals surface area contributed by atoms with Gasteiger partial charge in [0, 0.05) is 18.7 Å². The molecule has 0 saturated carbocycles. The smallest absolute Gasteiger partial charge is 0.264 e. The third-order valence-corrected chi connectivity index (χ3v) is 8.20. The Morgan fingerprint density at radius 1 is 0.951 bits per heavy atom. The van der Waals surface area contributed by atoms with Crippen LogP contribution in [0.15, 0.2) is 77.7 Å². The predicted octanol–water partition coefficient (Wildman–Crippen LogP) is 4.89. The van der Waals surface area contributed by atoms with Crippen molar-refractivity contribution in [2.45, 2.75) is 51.1 Å². The first-order valence-corrected chi connectivity index (χ1v) is 14.8. The SMILES string of the molecule is CCCCNC(=O)C(C)N(Cc1ccccc1F)C(=O)CN(c1ccc(F)cc1)S(=O)(=O)c1ccc(OCC)cc1. The highest BCUT2D eigenvalue weighted by molar-refractivity contribution is 7.92. The van der Waals surface area contributed by atoms with Gasteiger partial charge >= 0.3 is 0 Å². The Bertz CT molecular complexity index is 1420. The summed E-state index contributed by atoms with van der Waals surface area (Å²) in [6.07, 6.45) is 1.58. The van der Waals surface area contributed by atoms with Crippen molar-refractivity contribution < 1.29 is 31.5 Å². The number of nitrogens with zero attached hydrogens (tertiary/aromatic N) is 2. The van der Waals surface area contributed by atoms with Crippen LogP contribution in [-0.2, 0) is 26.2 Å². The van der Waals surface area contributed by atoms with E-state index in [0.29, 0.717) is 18.9 Å². The molecule has 0 aromatic heterocycles. The van der Waals surface area contributed by atoms with Gasteiger partial charge in [0.15, 0.2) is 0 Å². The molecule has 1 N–H and O–H groups in total. The van der Waals surface area contributed by atoms with Gasteiger partial charge < -0.3 is 15.0 Å². The summed E-state index contributed by atoms with van der Waals surface area (Å²) < 4.78 is 62.2.